The van der Waals surface area contributed by atoms with Crippen LogP contribution in [0.15, 0.2) is 18.2 Å². The maximum atomic E-state index is 10.7. The van der Waals surface area contributed by atoms with Crippen molar-refractivity contribution in [1.82, 2.24) is 0 Å². The van der Waals surface area contributed by atoms with Gasteiger partial charge in [0, 0.05) is 5.56 Å². The highest BCUT2D eigenvalue weighted by Gasteiger charge is 2.27. The largest absolute Gasteiger partial charge is 0.490 e. The molecule has 0 saturated heterocycles. The van der Waals surface area contributed by atoms with Crippen LogP contribution >= 0.6 is 0 Å². The van der Waals surface area contributed by atoms with E-state index < -0.39 is 0 Å². The summed E-state index contributed by atoms with van der Waals surface area (Å²) in [5.41, 5.74) is 2.23. The first-order valence-electron chi connectivity index (χ1n) is 6.73. The molecule has 1 saturated carbocycles. The van der Waals surface area contributed by atoms with Gasteiger partial charge < -0.3 is 4.74 Å². The van der Waals surface area contributed by atoms with Crippen LogP contribution in [0.4, 0.5) is 0 Å². The highest BCUT2D eigenvalue weighted by Crippen LogP contribution is 2.36. The molecule has 2 heteroatoms. The molecule has 0 bridgehead atoms. The second-order valence-corrected chi connectivity index (χ2v) is 6.12. The van der Waals surface area contributed by atoms with Gasteiger partial charge in [-0.3, -0.25) is 4.79 Å². The molecule has 1 aliphatic carbocycles. The molecular formula is C16H22O2. The molecule has 0 spiro atoms. The average Bonchev–Trinajstić information content (AvgIpc) is 2.34. The fourth-order valence-electron chi connectivity index (χ4n) is 2.55. The zero-order chi connectivity index (χ0) is 13.2. The summed E-state index contributed by atoms with van der Waals surface area (Å²) in [4.78, 5) is 10.7. The third-order valence-electron chi connectivity index (χ3n) is 3.91. The Morgan fingerprint density at radius 1 is 1.28 bits per heavy atom. The first-order valence-corrected chi connectivity index (χ1v) is 6.73. The van der Waals surface area contributed by atoms with E-state index in [-0.39, 0.29) is 0 Å². The molecule has 0 unspecified atom stereocenters. The highest BCUT2D eigenvalue weighted by molar-refractivity contribution is 5.75. The Labute approximate surface area is 109 Å². The highest BCUT2D eigenvalue weighted by atomic mass is 16.5. The normalized spacial score (nSPS) is 19.5. The molecule has 1 aliphatic rings. The van der Waals surface area contributed by atoms with E-state index in [4.69, 9.17) is 4.74 Å². The number of aryl methyl sites for hydroxylation is 1. The molecule has 0 radical (unpaired) electrons. The molecule has 0 heterocycles. The summed E-state index contributed by atoms with van der Waals surface area (Å²) in [5, 5.41) is 0. The molecule has 1 aromatic carbocycles. The van der Waals surface area contributed by atoms with Gasteiger partial charge in [-0.1, -0.05) is 13.8 Å². The maximum absolute atomic E-state index is 10.7. The van der Waals surface area contributed by atoms with E-state index in [1.165, 1.54) is 12.8 Å². The minimum absolute atomic E-state index is 0.332. The standard InChI is InChI=1S/C16H22O2/c1-12-10-13(11-17)4-5-15(12)18-14-6-8-16(2,3)9-7-14/h4-5,10-11,14H,6-9H2,1-3H3. The molecule has 0 aliphatic heterocycles. The van der Waals surface area contributed by atoms with Crippen LogP contribution in [-0.4, -0.2) is 12.4 Å². The molecule has 2 nitrogen and oxygen atoms in total. The Balaban J connectivity index is 2.00. The molecule has 1 aromatic rings. The molecule has 0 atom stereocenters. The van der Waals surface area contributed by atoms with Gasteiger partial charge in [-0.15, -0.1) is 0 Å². The van der Waals surface area contributed by atoms with E-state index in [0.717, 1.165) is 30.4 Å². The molecule has 2 rings (SSSR count). The average molecular weight is 246 g/mol. The van der Waals surface area contributed by atoms with Gasteiger partial charge in [0.2, 0.25) is 0 Å². The summed E-state index contributed by atoms with van der Waals surface area (Å²) < 4.78 is 6.06. The molecule has 0 aromatic heterocycles. The number of hydrogen-bond donors (Lipinski definition) is 0. The summed E-state index contributed by atoms with van der Waals surface area (Å²) in [6.07, 6.45) is 5.91. The number of ether oxygens (including phenoxy) is 1. The third-order valence-corrected chi connectivity index (χ3v) is 3.91. The van der Waals surface area contributed by atoms with E-state index in [1.54, 1.807) is 0 Å². The lowest BCUT2D eigenvalue weighted by atomic mass is 9.76. The topological polar surface area (TPSA) is 26.3 Å². The van der Waals surface area contributed by atoms with E-state index in [9.17, 15) is 4.79 Å². The smallest absolute Gasteiger partial charge is 0.150 e. The van der Waals surface area contributed by atoms with E-state index in [0.29, 0.717) is 17.1 Å². The summed E-state index contributed by atoms with van der Waals surface area (Å²) in [5.74, 6) is 0.922. The first-order chi connectivity index (χ1) is 8.50. The number of hydrogen-bond acceptors (Lipinski definition) is 2. The summed E-state index contributed by atoms with van der Waals surface area (Å²) in [6, 6.07) is 5.62. The number of carbonyl (C=O) groups is 1. The van der Waals surface area contributed by atoms with Crippen molar-refractivity contribution in [2.24, 2.45) is 5.41 Å². The zero-order valence-electron chi connectivity index (χ0n) is 11.5. The molecule has 0 amide bonds. The van der Waals surface area contributed by atoms with E-state index in [2.05, 4.69) is 13.8 Å². The second kappa shape index (κ2) is 5.13. The van der Waals surface area contributed by atoms with Gasteiger partial charge in [-0.2, -0.15) is 0 Å². The lowest BCUT2D eigenvalue weighted by Gasteiger charge is -2.34. The van der Waals surface area contributed by atoms with Crippen molar-refractivity contribution < 1.29 is 9.53 Å². The van der Waals surface area contributed by atoms with Gasteiger partial charge in [-0.25, -0.2) is 0 Å². The number of aldehydes is 1. The number of rotatable bonds is 3. The lowest BCUT2D eigenvalue weighted by molar-refractivity contribution is 0.0981. The Morgan fingerprint density at radius 3 is 2.50 bits per heavy atom. The lowest BCUT2D eigenvalue weighted by Crippen LogP contribution is -2.28. The molecular weight excluding hydrogens is 224 g/mol. The van der Waals surface area contributed by atoms with Gasteiger partial charge in [-0.05, 0) is 61.8 Å². The van der Waals surface area contributed by atoms with Crippen LogP contribution in [0.5, 0.6) is 5.75 Å². The number of benzene rings is 1. The van der Waals surface area contributed by atoms with Crippen molar-refractivity contribution in [3.8, 4) is 5.75 Å². The van der Waals surface area contributed by atoms with Gasteiger partial charge in [0.25, 0.3) is 0 Å². The molecule has 98 valence electrons. The second-order valence-electron chi connectivity index (χ2n) is 6.12. The molecule has 18 heavy (non-hydrogen) atoms. The van der Waals surface area contributed by atoms with E-state index >= 15 is 0 Å². The Kier molecular flexibility index (Phi) is 3.74. The van der Waals surface area contributed by atoms with Gasteiger partial charge in [0.1, 0.15) is 12.0 Å². The van der Waals surface area contributed by atoms with Crippen LogP contribution in [-0.2, 0) is 0 Å². The van der Waals surface area contributed by atoms with Gasteiger partial charge >= 0.3 is 0 Å². The third kappa shape index (κ3) is 3.12. The monoisotopic (exact) mass is 246 g/mol. The van der Waals surface area contributed by atoms with Crippen LogP contribution in [0.2, 0.25) is 0 Å². The van der Waals surface area contributed by atoms with Crippen molar-refractivity contribution in [3.05, 3.63) is 29.3 Å². The minimum Gasteiger partial charge on any atom is -0.490 e. The predicted molar refractivity (Wildman–Crippen MR) is 73.2 cm³/mol. The van der Waals surface area contributed by atoms with Crippen LogP contribution in [0.25, 0.3) is 0 Å². The Hall–Kier alpha value is -1.31. The van der Waals surface area contributed by atoms with Crippen LogP contribution in [0, 0.1) is 12.3 Å². The zero-order valence-corrected chi connectivity index (χ0v) is 11.5. The van der Waals surface area contributed by atoms with Gasteiger partial charge in [0.15, 0.2) is 0 Å². The number of carbonyl (C=O) groups excluding carboxylic acids is 1. The molecule has 1 fully saturated rings. The van der Waals surface area contributed by atoms with Crippen molar-refractivity contribution >= 4 is 6.29 Å². The molecule has 0 N–H and O–H groups in total. The quantitative estimate of drug-likeness (QED) is 0.749. The SMILES string of the molecule is Cc1cc(C=O)ccc1OC1CCC(C)(C)CC1. The fraction of sp³-hybridized carbons (Fsp3) is 0.562. The van der Waals surface area contributed by atoms with Crippen LogP contribution < -0.4 is 4.74 Å². The summed E-state index contributed by atoms with van der Waals surface area (Å²) >= 11 is 0. The van der Waals surface area contributed by atoms with Gasteiger partial charge in [0.05, 0.1) is 6.10 Å². The van der Waals surface area contributed by atoms with Crippen molar-refractivity contribution in [1.29, 1.82) is 0 Å². The maximum Gasteiger partial charge on any atom is 0.150 e. The van der Waals surface area contributed by atoms with Crippen LogP contribution in [0.3, 0.4) is 0 Å². The first kappa shape index (κ1) is 13.1. The van der Waals surface area contributed by atoms with Crippen molar-refractivity contribution in [2.45, 2.75) is 52.6 Å². The Bertz CT molecular complexity index is 425. The summed E-state index contributed by atoms with van der Waals surface area (Å²) in [6.45, 7) is 6.65. The predicted octanol–water partition coefficient (Wildman–Crippen LogP) is 4.16. The Morgan fingerprint density at radius 2 is 1.94 bits per heavy atom. The van der Waals surface area contributed by atoms with Crippen molar-refractivity contribution in [3.63, 3.8) is 0 Å². The minimum atomic E-state index is 0.332. The fourth-order valence-corrected chi connectivity index (χ4v) is 2.55. The van der Waals surface area contributed by atoms with Crippen molar-refractivity contribution in [2.75, 3.05) is 0 Å². The van der Waals surface area contributed by atoms with Crippen LogP contribution in [0.1, 0.15) is 55.5 Å². The van der Waals surface area contributed by atoms with E-state index in [1.807, 2.05) is 25.1 Å². The summed E-state index contributed by atoms with van der Waals surface area (Å²) in [7, 11) is 0.